The quantitative estimate of drug-likeness (QED) is 0.541. The molecule has 1 aliphatic carbocycles. The molecular weight excluding hydrogens is 304 g/mol. The molecule has 0 atom stereocenters. The Balaban J connectivity index is 2.15. The SMILES string of the molecule is CN(C)C(=O)c1c2c(n3ccccc13)C(=O)c1ccccc1C2=O. The molecule has 0 bridgehead atoms. The number of benzene rings is 1. The highest BCUT2D eigenvalue weighted by Gasteiger charge is 2.37. The summed E-state index contributed by atoms with van der Waals surface area (Å²) in [6.45, 7) is 0. The van der Waals surface area contributed by atoms with Crippen LogP contribution < -0.4 is 0 Å². The number of rotatable bonds is 1. The zero-order valence-electron chi connectivity index (χ0n) is 13.2. The predicted molar refractivity (Wildman–Crippen MR) is 88.7 cm³/mol. The molecule has 0 N–H and O–H groups in total. The molecule has 3 aromatic rings. The van der Waals surface area contributed by atoms with E-state index in [2.05, 4.69) is 0 Å². The first-order chi connectivity index (χ1) is 11.5. The molecule has 1 aliphatic rings. The molecule has 1 amide bonds. The lowest BCUT2D eigenvalue weighted by molar-refractivity contribution is 0.0824. The molecule has 0 unspecified atom stereocenters. The van der Waals surface area contributed by atoms with Gasteiger partial charge in [-0.2, -0.15) is 0 Å². The van der Waals surface area contributed by atoms with Crippen molar-refractivity contribution >= 4 is 23.0 Å². The van der Waals surface area contributed by atoms with E-state index >= 15 is 0 Å². The maximum absolute atomic E-state index is 13.0. The molecule has 2 aromatic heterocycles. The van der Waals surface area contributed by atoms with E-state index < -0.39 is 0 Å². The van der Waals surface area contributed by atoms with Gasteiger partial charge in [-0.1, -0.05) is 30.3 Å². The normalized spacial score (nSPS) is 12.9. The van der Waals surface area contributed by atoms with Gasteiger partial charge < -0.3 is 9.30 Å². The van der Waals surface area contributed by atoms with E-state index in [9.17, 15) is 14.4 Å². The van der Waals surface area contributed by atoms with Gasteiger partial charge in [0.15, 0.2) is 5.78 Å². The summed E-state index contributed by atoms with van der Waals surface area (Å²) in [6, 6.07) is 12.0. The van der Waals surface area contributed by atoms with Crippen LogP contribution in [0.15, 0.2) is 48.7 Å². The molecule has 118 valence electrons. The van der Waals surface area contributed by atoms with Gasteiger partial charge in [0.25, 0.3) is 5.91 Å². The lowest BCUT2D eigenvalue weighted by atomic mass is 9.86. The molecule has 2 heterocycles. The van der Waals surface area contributed by atoms with E-state index in [1.165, 1.54) is 4.90 Å². The van der Waals surface area contributed by atoms with Crippen LogP contribution in [0.2, 0.25) is 0 Å². The van der Waals surface area contributed by atoms with Crippen molar-refractivity contribution in [3.05, 3.63) is 76.6 Å². The maximum Gasteiger partial charge on any atom is 0.256 e. The lowest BCUT2D eigenvalue weighted by Crippen LogP contribution is -2.26. The molecule has 0 fully saturated rings. The maximum atomic E-state index is 13.0. The molecule has 5 nitrogen and oxygen atoms in total. The van der Waals surface area contributed by atoms with E-state index in [1.54, 1.807) is 67.2 Å². The summed E-state index contributed by atoms with van der Waals surface area (Å²) < 4.78 is 1.64. The number of ketones is 2. The molecule has 0 spiro atoms. The van der Waals surface area contributed by atoms with Gasteiger partial charge >= 0.3 is 0 Å². The highest BCUT2D eigenvalue weighted by Crippen LogP contribution is 2.34. The van der Waals surface area contributed by atoms with Crippen LogP contribution in [0.3, 0.4) is 0 Å². The Morgan fingerprint density at radius 2 is 1.54 bits per heavy atom. The minimum atomic E-state index is -0.291. The fourth-order valence-electron chi connectivity index (χ4n) is 3.23. The number of aromatic nitrogens is 1. The minimum Gasteiger partial charge on any atom is -0.345 e. The monoisotopic (exact) mass is 318 g/mol. The molecular formula is C19H14N2O3. The van der Waals surface area contributed by atoms with Crippen LogP contribution in [0.1, 0.15) is 42.3 Å². The van der Waals surface area contributed by atoms with Crippen molar-refractivity contribution in [2.75, 3.05) is 14.1 Å². The summed E-state index contributed by atoms with van der Waals surface area (Å²) in [4.78, 5) is 40.1. The molecule has 24 heavy (non-hydrogen) atoms. The highest BCUT2D eigenvalue weighted by atomic mass is 16.2. The zero-order valence-corrected chi connectivity index (χ0v) is 13.2. The van der Waals surface area contributed by atoms with Crippen molar-refractivity contribution in [3.63, 3.8) is 0 Å². The van der Waals surface area contributed by atoms with E-state index in [0.29, 0.717) is 16.6 Å². The van der Waals surface area contributed by atoms with Crippen LogP contribution in [-0.4, -0.2) is 40.9 Å². The Morgan fingerprint density at radius 3 is 2.21 bits per heavy atom. The number of carbonyl (C=O) groups excluding carboxylic acids is 3. The summed E-state index contributed by atoms with van der Waals surface area (Å²) in [5.41, 5.74) is 2.03. The predicted octanol–water partition coefficient (Wildman–Crippen LogP) is 2.42. The van der Waals surface area contributed by atoms with Crippen molar-refractivity contribution in [1.29, 1.82) is 0 Å². The fourth-order valence-corrected chi connectivity index (χ4v) is 3.23. The number of nitrogens with zero attached hydrogens (tertiary/aromatic N) is 2. The second kappa shape index (κ2) is 4.89. The smallest absolute Gasteiger partial charge is 0.256 e. The number of carbonyl (C=O) groups is 3. The first-order valence-corrected chi connectivity index (χ1v) is 7.55. The topological polar surface area (TPSA) is 58.9 Å². The number of pyridine rings is 1. The number of fused-ring (bicyclic) bond motifs is 4. The molecule has 0 radical (unpaired) electrons. The van der Waals surface area contributed by atoms with Gasteiger partial charge in [-0.05, 0) is 12.1 Å². The van der Waals surface area contributed by atoms with Crippen LogP contribution in [0.25, 0.3) is 5.52 Å². The number of amides is 1. The van der Waals surface area contributed by atoms with Crippen molar-refractivity contribution in [3.8, 4) is 0 Å². The van der Waals surface area contributed by atoms with Crippen molar-refractivity contribution in [2.45, 2.75) is 0 Å². The Morgan fingerprint density at radius 1 is 0.917 bits per heavy atom. The van der Waals surface area contributed by atoms with Crippen molar-refractivity contribution in [1.82, 2.24) is 9.30 Å². The third-order valence-corrected chi connectivity index (χ3v) is 4.32. The third kappa shape index (κ3) is 1.72. The van der Waals surface area contributed by atoms with Crippen LogP contribution in [0, 0.1) is 0 Å². The second-order valence-corrected chi connectivity index (χ2v) is 5.96. The van der Waals surface area contributed by atoms with Gasteiger partial charge in [-0.15, -0.1) is 0 Å². The van der Waals surface area contributed by atoms with Crippen molar-refractivity contribution in [2.24, 2.45) is 0 Å². The third-order valence-electron chi connectivity index (χ3n) is 4.32. The van der Waals surface area contributed by atoms with Gasteiger partial charge in [0.2, 0.25) is 5.78 Å². The average molecular weight is 318 g/mol. The standard InChI is InChI=1S/C19H14N2O3/c1-20(2)19(24)14-13-9-5-6-10-21(13)16-15(14)17(22)11-7-3-4-8-12(11)18(16)23/h3-10H,1-2H3. The molecule has 5 heteroatoms. The second-order valence-electron chi connectivity index (χ2n) is 5.96. The van der Waals surface area contributed by atoms with Crippen LogP contribution >= 0.6 is 0 Å². The van der Waals surface area contributed by atoms with Crippen LogP contribution in [-0.2, 0) is 0 Å². The summed E-state index contributed by atoms with van der Waals surface area (Å²) >= 11 is 0. The summed E-state index contributed by atoms with van der Waals surface area (Å²) in [5, 5.41) is 0. The van der Waals surface area contributed by atoms with Crippen LogP contribution in [0.5, 0.6) is 0 Å². The fraction of sp³-hybridized carbons (Fsp3) is 0.105. The Kier molecular flexibility index (Phi) is 2.93. The lowest BCUT2D eigenvalue weighted by Gasteiger charge is -2.16. The Hall–Kier alpha value is -3.21. The minimum absolute atomic E-state index is 0.198. The molecule has 0 saturated carbocycles. The molecule has 4 rings (SSSR count). The van der Waals surface area contributed by atoms with Gasteiger partial charge in [0, 0.05) is 31.4 Å². The largest absolute Gasteiger partial charge is 0.345 e. The average Bonchev–Trinajstić information content (AvgIpc) is 2.94. The summed E-state index contributed by atoms with van der Waals surface area (Å²) in [5.74, 6) is -0.811. The van der Waals surface area contributed by atoms with Gasteiger partial charge in [-0.25, -0.2) is 0 Å². The molecule has 0 saturated heterocycles. The van der Waals surface area contributed by atoms with Crippen LogP contribution in [0.4, 0.5) is 0 Å². The number of hydrogen-bond donors (Lipinski definition) is 0. The first-order valence-electron chi connectivity index (χ1n) is 7.55. The van der Waals surface area contributed by atoms with Gasteiger partial charge in [0.1, 0.15) is 5.69 Å². The zero-order chi connectivity index (χ0) is 17.0. The van der Waals surface area contributed by atoms with E-state index in [1.807, 2.05) is 0 Å². The van der Waals surface area contributed by atoms with E-state index in [-0.39, 0.29) is 34.3 Å². The molecule has 1 aromatic carbocycles. The molecule has 0 aliphatic heterocycles. The Labute approximate surface area is 138 Å². The Bertz CT molecular complexity index is 1040. The van der Waals surface area contributed by atoms with E-state index in [0.717, 1.165) is 0 Å². The number of hydrogen-bond acceptors (Lipinski definition) is 3. The van der Waals surface area contributed by atoms with Crippen molar-refractivity contribution < 1.29 is 14.4 Å². The first kappa shape index (κ1) is 14.4. The van der Waals surface area contributed by atoms with Gasteiger partial charge in [0.05, 0.1) is 16.6 Å². The van der Waals surface area contributed by atoms with Gasteiger partial charge in [-0.3, -0.25) is 14.4 Å². The summed E-state index contributed by atoms with van der Waals surface area (Å²) in [6.07, 6.45) is 1.71. The summed E-state index contributed by atoms with van der Waals surface area (Å²) in [7, 11) is 3.26. The highest BCUT2D eigenvalue weighted by molar-refractivity contribution is 6.32. The van der Waals surface area contributed by atoms with E-state index in [4.69, 9.17) is 0 Å².